The van der Waals surface area contributed by atoms with Crippen molar-refractivity contribution >= 4 is 11.7 Å². The first-order valence-corrected chi connectivity index (χ1v) is 7.36. The topological polar surface area (TPSA) is 65.5 Å². The number of pyridine rings is 1. The maximum Gasteiger partial charge on any atom is 0.254 e. The van der Waals surface area contributed by atoms with E-state index >= 15 is 0 Å². The molecule has 1 aliphatic heterocycles. The van der Waals surface area contributed by atoms with E-state index in [0.717, 1.165) is 31.7 Å². The first-order chi connectivity index (χ1) is 9.69. The Bertz CT molecular complexity index is 506. The van der Waals surface area contributed by atoms with Gasteiger partial charge in [-0.3, -0.25) is 4.79 Å². The first-order valence-electron chi connectivity index (χ1n) is 7.36. The molecule has 108 valence electrons. The van der Waals surface area contributed by atoms with E-state index in [4.69, 9.17) is 0 Å². The molecule has 5 heteroatoms. The Morgan fingerprint density at radius 3 is 3.10 bits per heavy atom. The fraction of sp³-hybridized carbons (Fsp3) is 0.600. The van der Waals surface area contributed by atoms with Gasteiger partial charge in [0.1, 0.15) is 5.82 Å². The molecule has 3 atom stereocenters. The highest BCUT2D eigenvalue weighted by atomic mass is 16.3. The van der Waals surface area contributed by atoms with E-state index in [0.29, 0.717) is 18.0 Å². The van der Waals surface area contributed by atoms with E-state index < -0.39 is 0 Å². The largest absolute Gasteiger partial charge is 0.393 e. The number of amides is 1. The highest BCUT2D eigenvalue weighted by Crippen LogP contribution is 2.38. The Kier molecular flexibility index (Phi) is 3.61. The van der Waals surface area contributed by atoms with Gasteiger partial charge >= 0.3 is 0 Å². The lowest BCUT2D eigenvalue weighted by atomic mass is 10.00. The van der Waals surface area contributed by atoms with Crippen molar-refractivity contribution in [1.82, 2.24) is 9.88 Å². The molecular weight excluding hydrogens is 254 g/mol. The molecule has 2 N–H and O–H groups in total. The van der Waals surface area contributed by atoms with Gasteiger partial charge in [0.25, 0.3) is 5.91 Å². The second kappa shape index (κ2) is 5.40. The first kappa shape index (κ1) is 13.4. The lowest BCUT2D eigenvalue weighted by molar-refractivity contribution is 0.0752. The summed E-state index contributed by atoms with van der Waals surface area (Å²) in [4.78, 5) is 18.6. The van der Waals surface area contributed by atoms with E-state index in [1.54, 1.807) is 18.3 Å². The van der Waals surface area contributed by atoms with Crippen LogP contribution in [0.1, 0.15) is 30.1 Å². The number of carbonyl (C=O) groups excluding carboxylic acids is 1. The van der Waals surface area contributed by atoms with Crippen LogP contribution in [-0.2, 0) is 0 Å². The summed E-state index contributed by atoms with van der Waals surface area (Å²) in [5.74, 6) is 1.53. The third kappa shape index (κ3) is 2.38. The standard InChI is InChI=1S/C15H21N3O2/c1-2-16-14-7-10(5-6-17-14)15(20)18-8-11-3-4-13(19)12(11)9-18/h5-7,11-13,19H,2-4,8-9H2,1H3,(H,16,17). The molecule has 0 spiro atoms. The smallest absolute Gasteiger partial charge is 0.254 e. The predicted molar refractivity (Wildman–Crippen MR) is 76.5 cm³/mol. The Hall–Kier alpha value is -1.62. The van der Waals surface area contributed by atoms with Crippen molar-refractivity contribution in [2.45, 2.75) is 25.9 Å². The predicted octanol–water partition coefficient (Wildman–Crippen LogP) is 1.36. The second-order valence-electron chi connectivity index (χ2n) is 5.74. The molecule has 2 heterocycles. The van der Waals surface area contributed by atoms with E-state index in [1.807, 2.05) is 11.8 Å². The number of aliphatic hydroxyl groups excluding tert-OH is 1. The molecule has 3 rings (SSSR count). The molecule has 3 unspecified atom stereocenters. The number of rotatable bonds is 3. The third-order valence-electron chi connectivity index (χ3n) is 4.47. The Morgan fingerprint density at radius 2 is 2.35 bits per heavy atom. The summed E-state index contributed by atoms with van der Waals surface area (Å²) in [5.41, 5.74) is 0.672. The fourth-order valence-corrected chi connectivity index (χ4v) is 3.43. The monoisotopic (exact) mass is 275 g/mol. The maximum absolute atomic E-state index is 12.5. The number of aromatic nitrogens is 1. The van der Waals surface area contributed by atoms with E-state index in [2.05, 4.69) is 10.3 Å². The van der Waals surface area contributed by atoms with Crippen LogP contribution in [-0.4, -0.2) is 46.6 Å². The minimum absolute atomic E-state index is 0.0492. The van der Waals surface area contributed by atoms with Crippen LogP contribution in [0.15, 0.2) is 18.3 Å². The zero-order chi connectivity index (χ0) is 14.1. The fourth-order valence-electron chi connectivity index (χ4n) is 3.43. The Balaban J connectivity index is 1.72. The van der Waals surface area contributed by atoms with Crippen LogP contribution in [0, 0.1) is 11.8 Å². The SMILES string of the molecule is CCNc1cc(C(=O)N2CC3CCC(O)C3C2)ccn1. The Labute approximate surface area is 119 Å². The van der Waals surface area contributed by atoms with E-state index in [1.165, 1.54) is 0 Å². The van der Waals surface area contributed by atoms with Crippen LogP contribution >= 0.6 is 0 Å². The van der Waals surface area contributed by atoms with Gasteiger partial charge in [0, 0.05) is 37.3 Å². The number of likely N-dealkylation sites (tertiary alicyclic amines) is 1. The summed E-state index contributed by atoms with van der Waals surface area (Å²) in [5, 5.41) is 13.0. The highest BCUT2D eigenvalue weighted by Gasteiger charge is 2.43. The third-order valence-corrected chi connectivity index (χ3v) is 4.47. The number of anilines is 1. The molecule has 1 saturated heterocycles. The van der Waals surface area contributed by atoms with Crippen molar-refractivity contribution in [1.29, 1.82) is 0 Å². The summed E-state index contributed by atoms with van der Waals surface area (Å²) < 4.78 is 0. The van der Waals surface area contributed by atoms with Gasteiger partial charge in [0.15, 0.2) is 0 Å². The average Bonchev–Trinajstić information content (AvgIpc) is 3.01. The molecular formula is C15H21N3O2. The lowest BCUT2D eigenvalue weighted by Gasteiger charge is -2.18. The molecule has 0 aromatic carbocycles. The number of hydrogen-bond acceptors (Lipinski definition) is 4. The number of hydrogen-bond donors (Lipinski definition) is 2. The molecule has 1 saturated carbocycles. The number of aliphatic hydroxyl groups is 1. The van der Waals surface area contributed by atoms with E-state index in [9.17, 15) is 9.90 Å². The van der Waals surface area contributed by atoms with Crippen molar-refractivity contribution < 1.29 is 9.90 Å². The quantitative estimate of drug-likeness (QED) is 0.874. The zero-order valence-corrected chi connectivity index (χ0v) is 11.7. The van der Waals surface area contributed by atoms with Gasteiger partial charge in [-0.15, -0.1) is 0 Å². The van der Waals surface area contributed by atoms with Crippen LogP contribution in [0.4, 0.5) is 5.82 Å². The minimum Gasteiger partial charge on any atom is -0.393 e. The van der Waals surface area contributed by atoms with Gasteiger partial charge in [-0.1, -0.05) is 0 Å². The van der Waals surface area contributed by atoms with Crippen molar-refractivity contribution in [3.63, 3.8) is 0 Å². The molecule has 1 amide bonds. The van der Waals surface area contributed by atoms with Crippen LogP contribution in [0.5, 0.6) is 0 Å². The summed E-state index contributed by atoms with van der Waals surface area (Å²) in [6, 6.07) is 3.56. The van der Waals surface area contributed by atoms with Crippen LogP contribution in [0.3, 0.4) is 0 Å². The molecule has 1 aromatic rings. The number of nitrogens with zero attached hydrogens (tertiary/aromatic N) is 2. The van der Waals surface area contributed by atoms with Crippen molar-refractivity contribution in [3.05, 3.63) is 23.9 Å². The Morgan fingerprint density at radius 1 is 1.50 bits per heavy atom. The molecule has 2 aliphatic rings. The summed E-state index contributed by atoms with van der Waals surface area (Å²) in [6.07, 6.45) is 3.36. The second-order valence-corrected chi connectivity index (χ2v) is 5.74. The maximum atomic E-state index is 12.5. The van der Waals surface area contributed by atoms with Crippen LogP contribution < -0.4 is 5.32 Å². The molecule has 2 fully saturated rings. The normalized spacial score (nSPS) is 28.5. The van der Waals surface area contributed by atoms with Gasteiger partial charge in [-0.05, 0) is 37.8 Å². The van der Waals surface area contributed by atoms with Crippen LogP contribution in [0.2, 0.25) is 0 Å². The van der Waals surface area contributed by atoms with Gasteiger partial charge in [-0.25, -0.2) is 4.98 Å². The van der Waals surface area contributed by atoms with Gasteiger partial charge in [-0.2, -0.15) is 0 Å². The molecule has 5 nitrogen and oxygen atoms in total. The average molecular weight is 275 g/mol. The van der Waals surface area contributed by atoms with Crippen LogP contribution in [0.25, 0.3) is 0 Å². The lowest BCUT2D eigenvalue weighted by Crippen LogP contribution is -2.31. The van der Waals surface area contributed by atoms with Crippen molar-refractivity contribution in [2.24, 2.45) is 11.8 Å². The van der Waals surface area contributed by atoms with Gasteiger partial charge in [0.2, 0.25) is 0 Å². The highest BCUT2D eigenvalue weighted by molar-refractivity contribution is 5.95. The summed E-state index contributed by atoms with van der Waals surface area (Å²) >= 11 is 0. The molecule has 1 aromatic heterocycles. The van der Waals surface area contributed by atoms with E-state index in [-0.39, 0.29) is 17.9 Å². The van der Waals surface area contributed by atoms with Crippen molar-refractivity contribution in [2.75, 3.05) is 25.0 Å². The molecule has 1 aliphatic carbocycles. The zero-order valence-electron chi connectivity index (χ0n) is 11.7. The molecule has 0 radical (unpaired) electrons. The minimum atomic E-state index is -0.229. The summed E-state index contributed by atoms with van der Waals surface area (Å²) in [7, 11) is 0. The number of fused-ring (bicyclic) bond motifs is 1. The summed E-state index contributed by atoms with van der Waals surface area (Å²) in [6.45, 7) is 4.24. The van der Waals surface area contributed by atoms with Gasteiger partial charge in [0.05, 0.1) is 6.10 Å². The van der Waals surface area contributed by atoms with Gasteiger partial charge < -0.3 is 15.3 Å². The number of nitrogens with one attached hydrogen (secondary N) is 1. The molecule has 20 heavy (non-hydrogen) atoms. The van der Waals surface area contributed by atoms with Crippen molar-refractivity contribution in [3.8, 4) is 0 Å². The molecule has 0 bridgehead atoms. The number of carbonyl (C=O) groups is 1.